The van der Waals surface area contributed by atoms with E-state index in [1.54, 1.807) is 12.1 Å². The number of hydrogen-bond donors (Lipinski definition) is 1. The smallest absolute Gasteiger partial charge is 0.139 e. The summed E-state index contributed by atoms with van der Waals surface area (Å²) in [6.45, 7) is 0.663. The van der Waals surface area contributed by atoms with Crippen LogP contribution in [-0.2, 0) is 0 Å². The lowest BCUT2D eigenvalue weighted by Gasteiger charge is -2.13. The number of halogens is 2. The van der Waals surface area contributed by atoms with Gasteiger partial charge in [-0.2, -0.15) is 5.26 Å². The molecule has 0 aliphatic heterocycles. The van der Waals surface area contributed by atoms with Crippen molar-refractivity contribution in [2.45, 2.75) is 0 Å². The minimum atomic E-state index is 0.409. The predicted molar refractivity (Wildman–Crippen MR) is 116 cm³/mol. The SMILES string of the molecule is COc1cc(Nc2c(C#N)cnc3cc(C#CCN(C)C)sc23)c(Cl)cc1Cl. The zero-order valence-electron chi connectivity index (χ0n) is 15.4. The van der Waals surface area contributed by atoms with Gasteiger partial charge in [-0.25, -0.2) is 0 Å². The van der Waals surface area contributed by atoms with E-state index in [1.165, 1.54) is 24.6 Å². The number of benzene rings is 1. The third kappa shape index (κ3) is 4.32. The monoisotopic (exact) mass is 430 g/mol. The van der Waals surface area contributed by atoms with Crippen LogP contribution >= 0.6 is 34.5 Å². The summed E-state index contributed by atoms with van der Waals surface area (Å²) in [6, 6.07) is 7.39. The number of thiophene rings is 1. The molecule has 0 radical (unpaired) electrons. The van der Waals surface area contributed by atoms with Crippen molar-refractivity contribution in [3.63, 3.8) is 0 Å². The van der Waals surface area contributed by atoms with Crippen LogP contribution in [0.4, 0.5) is 11.4 Å². The maximum atomic E-state index is 9.54. The Bertz CT molecular complexity index is 1140. The van der Waals surface area contributed by atoms with Gasteiger partial charge in [-0.1, -0.05) is 35.0 Å². The first kappa shape index (κ1) is 20.3. The summed E-state index contributed by atoms with van der Waals surface area (Å²) in [7, 11) is 5.46. The van der Waals surface area contributed by atoms with Crippen LogP contribution in [0.5, 0.6) is 5.75 Å². The fourth-order valence-corrected chi connectivity index (χ4v) is 3.95. The highest BCUT2D eigenvalue weighted by Gasteiger charge is 2.15. The number of methoxy groups -OCH3 is 1. The molecule has 0 spiro atoms. The minimum Gasteiger partial charge on any atom is -0.495 e. The first-order valence-electron chi connectivity index (χ1n) is 8.19. The van der Waals surface area contributed by atoms with E-state index in [1.807, 2.05) is 25.1 Å². The van der Waals surface area contributed by atoms with Gasteiger partial charge in [0.2, 0.25) is 0 Å². The van der Waals surface area contributed by atoms with Crippen LogP contribution in [0.15, 0.2) is 24.4 Å². The molecule has 3 aromatic rings. The highest BCUT2D eigenvalue weighted by molar-refractivity contribution is 7.20. The molecule has 2 heterocycles. The molecule has 0 aliphatic carbocycles. The van der Waals surface area contributed by atoms with Crippen LogP contribution in [0, 0.1) is 23.2 Å². The first-order chi connectivity index (χ1) is 13.4. The van der Waals surface area contributed by atoms with Gasteiger partial charge in [0, 0.05) is 12.3 Å². The van der Waals surface area contributed by atoms with Crippen LogP contribution in [0.3, 0.4) is 0 Å². The highest BCUT2D eigenvalue weighted by atomic mass is 35.5. The molecule has 28 heavy (non-hydrogen) atoms. The number of nitrogens with zero attached hydrogens (tertiary/aromatic N) is 3. The van der Waals surface area contributed by atoms with Gasteiger partial charge in [0.25, 0.3) is 0 Å². The van der Waals surface area contributed by atoms with E-state index in [-0.39, 0.29) is 0 Å². The Hall–Kier alpha value is -2.48. The minimum absolute atomic E-state index is 0.409. The molecule has 0 aliphatic rings. The third-order valence-electron chi connectivity index (χ3n) is 3.77. The summed E-state index contributed by atoms with van der Waals surface area (Å²) in [5.74, 6) is 6.74. The van der Waals surface area contributed by atoms with E-state index in [9.17, 15) is 5.26 Å². The van der Waals surface area contributed by atoms with E-state index in [2.05, 4.69) is 28.2 Å². The molecule has 142 valence electrons. The molecule has 5 nitrogen and oxygen atoms in total. The Morgan fingerprint density at radius 1 is 1.25 bits per heavy atom. The average molecular weight is 431 g/mol. The topological polar surface area (TPSA) is 61.2 Å². The maximum Gasteiger partial charge on any atom is 0.139 e. The van der Waals surface area contributed by atoms with Crippen LogP contribution in [0.1, 0.15) is 10.4 Å². The van der Waals surface area contributed by atoms with Crippen molar-refractivity contribution in [1.82, 2.24) is 9.88 Å². The van der Waals surface area contributed by atoms with Gasteiger partial charge in [0.15, 0.2) is 0 Å². The second kappa shape index (κ2) is 8.68. The summed E-state index contributed by atoms with van der Waals surface area (Å²) in [4.78, 5) is 7.25. The van der Waals surface area contributed by atoms with Gasteiger partial charge in [-0.15, -0.1) is 11.3 Å². The fourth-order valence-electron chi connectivity index (χ4n) is 2.45. The summed E-state index contributed by atoms with van der Waals surface area (Å²) in [6.07, 6.45) is 1.54. The Labute approximate surface area is 177 Å². The quantitative estimate of drug-likeness (QED) is 0.580. The maximum absolute atomic E-state index is 9.54. The number of hydrogen-bond acceptors (Lipinski definition) is 6. The largest absolute Gasteiger partial charge is 0.495 e. The lowest BCUT2D eigenvalue weighted by Crippen LogP contribution is -2.10. The molecule has 3 rings (SSSR count). The summed E-state index contributed by atoms with van der Waals surface area (Å²) >= 11 is 13.9. The molecule has 0 saturated carbocycles. The van der Waals surface area contributed by atoms with Gasteiger partial charge in [-0.3, -0.25) is 9.88 Å². The normalized spacial score (nSPS) is 10.5. The number of anilines is 2. The van der Waals surface area contributed by atoms with Crippen molar-refractivity contribution in [2.75, 3.05) is 33.1 Å². The number of ether oxygens (including phenoxy) is 1. The van der Waals surface area contributed by atoms with Crippen LogP contribution < -0.4 is 10.1 Å². The van der Waals surface area contributed by atoms with Crippen LogP contribution in [0.25, 0.3) is 10.2 Å². The molecule has 1 N–H and O–H groups in total. The number of nitrogens with one attached hydrogen (secondary N) is 1. The van der Waals surface area contributed by atoms with Crippen molar-refractivity contribution in [1.29, 1.82) is 5.26 Å². The first-order valence-corrected chi connectivity index (χ1v) is 9.76. The Kier molecular flexibility index (Phi) is 6.28. The zero-order valence-corrected chi connectivity index (χ0v) is 17.8. The third-order valence-corrected chi connectivity index (χ3v) is 5.44. The zero-order chi connectivity index (χ0) is 20.3. The van der Waals surface area contributed by atoms with Crippen LogP contribution in [0.2, 0.25) is 10.0 Å². The number of fused-ring (bicyclic) bond motifs is 1. The molecular formula is C20H16Cl2N4OS. The van der Waals surface area contributed by atoms with Gasteiger partial charge < -0.3 is 10.1 Å². The van der Waals surface area contributed by atoms with Gasteiger partial charge in [0.1, 0.15) is 11.8 Å². The molecule has 0 fully saturated rings. The van der Waals surface area contributed by atoms with E-state index < -0.39 is 0 Å². The molecule has 0 bridgehead atoms. The average Bonchev–Trinajstić information content (AvgIpc) is 3.07. The molecule has 8 heteroatoms. The molecule has 0 unspecified atom stereocenters. The Morgan fingerprint density at radius 2 is 2.04 bits per heavy atom. The van der Waals surface area contributed by atoms with Gasteiger partial charge in [0.05, 0.1) is 55.7 Å². The van der Waals surface area contributed by atoms with E-state index in [0.29, 0.717) is 39.3 Å². The molecular weight excluding hydrogens is 415 g/mol. The van der Waals surface area contributed by atoms with Crippen molar-refractivity contribution < 1.29 is 4.74 Å². The molecule has 0 amide bonds. The van der Waals surface area contributed by atoms with E-state index >= 15 is 0 Å². The van der Waals surface area contributed by atoms with Gasteiger partial charge >= 0.3 is 0 Å². The second-order valence-corrected chi connectivity index (χ2v) is 7.98. The summed E-state index contributed by atoms with van der Waals surface area (Å²) < 4.78 is 6.09. The summed E-state index contributed by atoms with van der Waals surface area (Å²) in [5, 5.41) is 13.6. The molecule has 1 aromatic carbocycles. The second-order valence-electron chi connectivity index (χ2n) is 6.11. The van der Waals surface area contributed by atoms with Crippen molar-refractivity contribution in [2.24, 2.45) is 0 Å². The molecule has 2 aromatic heterocycles. The number of aromatic nitrogens is 1. The summed E-state index contributed by atoms with van der Waals surface area (Å²) in [5.41, 5.74) is 2.38. The highest BCUT2D eigenvalue weighted by Crippen LogP contribution is 2.39. The molecule has 0 saturated heterocycles. The molecule has 0 atom stereocenters. The Balaban J connectivity index is 2.08. The number of rotatable bonds is 4. The number of nitriles is 1. The standard InChI is InChI=1S/C20H16Cl2N4OS/c1-26(2)6-4-5-13-7-17-20(28-13)19(12(10-23)11-24-17)25-16-9-18(27-3)15(22)8-14(16)21/h7-9,11H,6H2,1-3H3,(H,24,25). The van der Waals surface area contributed by atoms with Crippen molar-refractivity contribution >= 4 is 56.1 Å². The van der Waals surface area contributed by atoms with Crippen LogP contribution in [-0.4, -0.2) is 37.6 Å². The lowest BCUT2D eigenvalue weighted by atomic mass is 10.2. The van der Waals surface area contributed by atoms with E-state index in [0.717, 1.165) is 15.1 Å². The van der Waals surface area contributed by atoms with Gasteiger partial charge in [-0.05, 0) is 26.2 Å². The Morgan fingerprint density at radius 3 is 2.71 bits per heavy atom. The number of pyridine rings is 1. The predicted octanol–water partition coefficient (Wildman–Crippen LogP) is 5.14. The fraction of sp³-hybridized carbons (Fsp3) is 0.200. The van der Waals surface area contributed by atoms with Crippen molar-refractivity contribution in [3.8, 4) is 23.7 Å². The van der Waals surface area contributed by atoms with Crippen molar-refractivity contribution in [3.05, 3.63) is 44.9 Å². The lowest BCUT2D eigenvalue weighted by molar-refractivity contribution is 0.415. The van der Waals surface area contributed by atoms with E-state index in [4.69, 9.17) is 27.9 Å².